The van der Waals surface area contributed by atoms with Gasteiger partial charge in [-0.1, -0.05) is 18.2 Å². The van der Waals surface area contributed by atoms with Gasteiger partial charge in [-0.15, -0.1) is 0 Å². The summed E-state index contributed by atoms with van der Waals surface area (Å²) in [5.41, 5.74) is 1.35. The molecule has 2 aromatic rings. The quantitative estimate of drug-likeness (QED) is 0.810. The first-order chi connectivity index (χ1) is 9.50. The molecule has 0 spiro atoms. The molecular weight excluding hydrogens is 274 g/mol. The molecular formula is C14H15N3O2S. The lowest BCUT2D eigenvalue weighted by molar-refractivity contribution is 0.521. The SMILES string of the molecule is CN(C)S(=O)(=O)c1ccc(/N=N/c2ccccc2)cc1. The van der Waals surface area contributed by atoms with Crippen molar-refractivity contribution in [2.75, 3.05) is 14.1 Å². The lowest BCUT2D eigenvalue weighted by Gasteiger charge is -2.10. The Morgan fingerprint density at radius 1 is 0.800 bits per heavy atom. The predicted molar refractivity (Wildman–Crippen MR) is 77.9 cm³/mol. The molecule has 0 radical (unpaired) electrons. The van der Waals surface area contributed by atoms with Gasteiger partial charge in [-0.05, 0) is 36.4 Å². The Labute approximate surface area is 118 Å². The van der Waals surface area contributed by atoms with E-state index in [0.29, 0.717) is 5.69 Å². The molecule has 0 aromatic heterocycles. The Kier molecular flexibility index (Phi) is 4.26. The van der Waals surface area contributed by atoms with Crippen LogP contribution < -0.4 is 0 Å². The van der Waals surface area contributed by atoms with Crippen molar-refractivity contribution in [3.63, 3.8) is 0 Å². The molecule has 20 heavy (non-hydrogen) atoms. The molecule has 2 rings (SSSR count). The van der Waals surface area contributed by atoms with Gasteiger partial charge in [0.1, 0.15) is 0 Å². The number of rotatable bonds is 4. The van der Waals surface area contributed by atoms with Crippen LogP contribution in [0.4, 0.5) is 11.4 Å². The fourth-order valence-corrected chi connectivity index (χ4v) is 2.41. The maximum absolute atomic E-state index is 11.9. The van der Waals surface area contributed by atoms with Crippen LogP contribution in [0.1, 0.15) is 0 Å². The van der Waals surface area contributed by atoms with Crippen LogP contribution in [0.3, 0.4) is 0 Å². The third-order valence-corrected chi connectivity index (χ3v) is 4.48. The number of sulfonamides is 1. The maximum Gasteiger partial charge on any atom is 0.242 e. The third kappa shape index (κ3) is 3.28. The Morgan fingerprint density at radius 2 is 1.30 bits per heavy atom. The average molecular weight is 289 g/mol. The second-order valence-corrected chi connectivity index (χ2v) is 6.47. The Hall–Kier alpha value is -2.05. The van der Waals surface area contributed by atoms with Gasteiger partial charge in [-0.2, -0.15) is 10.2 Å². The molecule has 5 nitrogen and oxygen atoms in total. The van der Waals surface area contributed by atoms with E-state index in [1.807, 2.05) is 30.3 Å². The van der Waals surface area contributed by atoms with E-state index in [9.17, 15) is 8.42 Å². The second-order valence-electron chi connectivity index (χ2n) is 4.32. The molecule has 0 saturated carbocycles. The van der Waals surface area contributed by atoms with Gasteiger partial charge >= 0.3 is 0 Å². The van der Waals surface area contributed by atoms with Crippen LogP contribution in [0, 0.1) is 0 Å². The minimum Gasteiger partial charge on any atom is -0.207 e. The van der Waals surface area contributed by atoms with E-state index in [1.54, 1.807) is 12.1 Å². The molecule has 0 heterocycles. The van der Waals surface area contributed by atoms with Gasteiger partial charge in [0, 0.05) is 14.1 Å². The number of azo groups is 1. The van der Waals surface area contributed by atoms with Crippen LogP contribution in [0.15, 0.2) is 69.7 Å². The molecule has 0 aliphatic heterocycles. The van der Waals surface area contributed by atoms with E-state index in [2.05, 4.69) is 10.2 Å². The van der Waals surface area contributed by atoms with E-state index in [1.165, 1.54) is 30.5 Å². The summed E-state index contributed by atoms with van der Waals surface area (Å²) in [5.74, 6) is 0. The third-order valence-electron chi connectivity index (χ3n) is 2.65. The van der Waals surface area contributed by atoms with Gasteiger partial charge in [0.05, 0.1) is 16.3 Å². The molecule has 0 saturated heterocycles. The van der Waals surface area contributed by atoms with Crippen molar-refractivity contribution in [1.29, 1.82) is 0 Å². The summed E-state index contributed by atoms with van der Waals surface area (Å²) in [6.07, 6.45) is 0. The van der Waals surface area contributed by atoms with Crippen molar-refractivity contribution in [2.24, 2.45) is 10.2 Å². The second kappa shape index (κ2) is 5.94. The van der Waals surface area contributed by atoms with Crippen molar-refractivity contribution in [1.82, 2.24) is 4.31 Å². The molecule has 104 valence electrons. The van der Waals surface area contributed by atoms with Gasteiger partial charge in [-0.25, -0.2) is 12.7 Å². The fraction of sp³-hybridized carbons (Fsp3) is 0.143. The first-order valence-electron chi connectivity index (χ1n) is 5.99. The van der Waals surface area contributed by atoms with Gasteiger partial charge in [0.25, 0.3) is 0 Å². The molecule has 0 fully saturated rings. The lowest BCUT2D eigenvalue weighted by atomic mass is 10.3. The summed E-state index contributed by atoms with van der Waals surface area (Å²) in [7, 11) is -0.403. The molecule has 0 aliphatic carbocycles. The molecule has 0 amide bonds. The van der Waals surface area contributed by atoms with E-state index in [0.717, 1.165) is 5.69 Å². The van der Waals surface area contributed by atoms with E-state index < -0.39 is 10.0 Å². The van der Waals surface area contributed by atoms with Crippen LogP contribution in [0.5, 0.6) is 0 Å². The normalized spacial score (nSPS) is 12.2. The predicted octanol–water partition coefficient (Wildman–Crippen LogP) is 3.35. The molecule has 0 unspecified atom stereocenters. The zero-order chi connectivity index (χ0) is 14.6. The number of nitrogens with zero attached hydrogens (tertiary/aromatic N) is 3. The first kappa shape index (κ1) is 14.4. The number of benzene rings is 2. The summed E-state index contributed by atoms with van der Waals surface area (Å²) >= 11 is 0. The standard InChI is InChI=1S/C14H15N3O2S/c1-17(2)20(18,19)14-10-8-13(9-11-14)16-15-12-6-4-3-5-7-12/h3-11H,1-2H3/b16-15+. The summed E-state index contributed by atoms with van der Waals surface area (Å²) in [5, 5.41) is 8.13. The summed E-state index contributed by atoms with van der Waals surface area (Å²) in [4.78, 5) is 0.237. The zero-order valence-electron chi connectivity index (χ0n) is 11.3. The molecule has 2 aromatic carbocycles. The van der Waals surface area contributed by atoms with Gasteiger partial charge in [0.2, 0.25) is 10.0 Å². The number of hydrogen-bond donors (Lipinski definition) is 0. The Bertz CT molecular complexity index is 693. The first-order valence-corrected chi connectivity index (χ1v) is 7.43. The van der Waals surface area contributed by atoms with Gasteiger partial charge in [-0.3, -0.25) is 0 Å². The largest absolute Gasteiger partial charge is 0.242 e. The van der Waals surface area contributed by atoms with Crippen LogP contribution in [0.2, 0.25) is 0 Å². The minimum atomic E-state index is -3.40. The summed E-state index contributed by atoms with van der Waals surface area (Å²) < 4.78 is 25.0. The minimum absolute atomic E-state index is 0.237. The average Bonchev–Trinajstić information content (AvgIpc) is 2.46. The fourth-order valence-electron chi connectivity index (χ4n) is 1.51. The van der Waals surface area contributed by atoms with Crippen molar-refractivity contribution in [3.8, 4) is 0 Å². The lowest BCUT2D eigenvalue weighted by Crippen LogP contribution is -2.21. The highest BCUT2D eigenvalue weighted by molar-refractivity contribution is 7.89. The van der Waals surface area contributed by atoms with Crippen molar-refractivity contribution in [2.45, 2.75) is 4.90 Å². The van der Waals surface area contributed by atoms with E-state index in [-0.39, 0.29) is 4.90 Å². The van der Waals surface area contributed by atoms with Crippen molar-refractivity contribution < 1.29 is 8.42 Å². The van der Waals surface area contributed by atoms with Gasteiger partial charge in [0.15, 0.2) is 0 Å². The van der Waals surface area contributed by atoms with Crippen LogP contribution in [0.25, 0.3) is 0 Å². The summed E-state index contributed by atoms with van der Waals surface area (Å²) in [6, 6.07) is 15.6. The smallest absolute Gasteiger partial charge is 0.207 e. The van der Waals surface area contributed by atoms with Gasteiger partial charge < -0.3 is 0 Å². The highest BCUT2D eigenvalue weighted by atomic mass is 32.2. The monoisotopic (exact) mass is 289 g/mol. The van der Waals surface area contributed by atoms with Crippen LogP contribution in [-0.2, 0) is 10.0 Å². The topological polar surface area (TPSA) is 62.1 Å². The molecule has 6 heteroatoms. The van der Waals surface area contributed by atoms with E-state index in [4.69, 9.17) is 0 Å². The summed E-state index contributed by atoms with van der Waals surface area (Å²) in [6.45, 7) is 0. The van der Waals surface area contributed by atoms with Crippen LogP contribution in [-0.4, -0.2) is 26.8 Å². The van der Waals surface area contributed by atoms with E-state index >= 15 is 0 Å². The molecule has 0 atom stereocenters. The zero-order valence-corrected chi connectivity index (χ0v) is 12.1. The molecule has 0 aliphatic rings. The van der Waals surface area contributed by atoms with Crippen molar-refractivity contribution >= 4 is 21.4 Å². The van der Waals surface area contributed by atoms with Crippen LogP contribution >= 0.6 is 0 Å². The number of hydrogen-bond acceptors (Lipinski definition) is 4. The molecule has 0 N–H and O–H groups in total. The Balaban J connectivity index is 2.20. The maximum atomic E-state index is 11.9. The van der Waals surface area contributed by atoms with Crippen molar-refractivity contribution in [3.05, 3.63) is 54.6 Å². The Morgan fingerprint density at radius 3 is 1.80 bits per heavy atom. The molecule has 0 bridgehead atoms. The highest BCUT2D eigenvalue weighted by Crippen LogP contribution is 2.21. The highest BCUT2D eigenvalue weighted by Gasteiger charge is 2.16.